The van der Waals surface area contributed by atoms with E-state index in [1.54, 1.807) is 60.7 Å². The van der Waals surface area contributed by atoms with Gasteiger partial charge in [-0.1, -0.05) is 36.4 Å². The molecule has 0 radical (unpaired) electrons. The van der Waals surface area contributed by atoms with Crippen molar-refractivity contribution in [3.63, 3.8) is 0 Å². The number of aliphatic hydroxyl groups excluding tert-OH is 1. The van der Waals surface area contributed by atoms with Crippen molar-refractivity contribution in [1.29, 1.82) is 0 Å². The van der Waals surface area contributed by atoms with Crippen LogP contribution in [0.5, 0.6) is 5.75 Å². The molecular formula is C23H26N2O7. The Bertz CT molecular complexity index is 898. The molecule has 3 amide bonds. The lowest BCUT2D eigenvalue weighted by molar-refractivity contribution is -0.124. The van der Waals surface area contributed by atoms with Crippen LogP contribution in [0.2, 0.25) is 0 Å². The van der Waals surface area contributed by atoms with Gasteiger partial charge in [0.1, 0.15) is 18.5 Å². The summed E-state index contributed by atoms with van der Waals surface area (Å²) in [5.74, 6) is -0.640. The Morgan fingerprint density at radius 3 is 2.41 bits per heavy atom. The molecule has 32 heavy (non-hydrogen) atoms. The Hall–Kier alpha value is -3.69. The largest absolute Gasteiger partial charge is 0.491 e. The van der Waals surface area contributed by atoms with E-state index >= 15 is 0 Å². The third-order valence-electron chi connectivity index (χ3n) is 4.33. The first kappa shape index (κ1) is 24.6. The number of allylic oxidation sites excluding steroid dienone is 1. The highest BCUT2D eigenvalue weighted by Crippen LogP contribution is 2.26. The first-order valence-corrected chi connectivity index (χ1v) is 10.0. The fourth-order valence-electron chi connectivity index (χ4n) is 2.80. The summed E-state index contributed by atoms with van der Waals surface area (Å²) >= 11 is 0. The first-order chi connectivity index (χ1) is 15.5. The quantitative estimate of drug-likeness (QED) is 0.182. The molecular weight excluding hydrogens is 416 g/mol. The van der Waals surface area contributed by atoms with E-state index in [-0.39, 0.29) is 13.2 Å². The molecule has 0 bridgehead atoms. The number of aliphatic hydroxyl groups is 1. The number of carbonyl (C=O) groups is 3. The van der Waals surface area contributed by atoms with E-state index in [2.05, 4.69) is 5.32 Å². The number of hydroxylamine groups is 1. The number of nitrogens with one attached hydrogen (secondary N) is 2. The Labute approximate surface area is 185 Å². The summed E-state index contributed by atoms with van der Waals surface area (Å²) in [5, 5.41) is 19.6. The van der Waals surface area contributed by atoms with Crippen molar-refractivity contribution in [3.05, 3.63) is 77.9 Å². The standard InChI is InChI=1S/C23H26N2O7/c26-15-16-31-19-13-11-17(12-14-19)20(9-5-2-6-10-21(27)25-30)32-23(29)24-22(28)18-7-3-1-4-8-18/h1,3-4,6-8,10-14,20,26,30H,2,5,9,15-16H2,(H,25,27)(H,24,28,29)/b10-6+/t20-/m1/s1. The van der Waals surface area contributed by atoms with Gasteiger partial charge in [-0.15, -0.1) is 0 Å². The second-order valence-corrected chi connectivity index (χ2v) is 6.66. The van der Waals surface area contributed by atoms with E-state index in [4.69, 9.17) is 19.8 Å². The average Bonchev–Trinajstić information content (AvgIpc) is 2.82. The van der Waals surface area contributed by atoms with Gasteiger partial charge in [-0.2, -0.15) is 0 Å². The van der Waals surface area contributed by atoms with Crippen molar-refractivity contribution in [3.8, 4) is 5.75 Å². The number of alkyl carbamates (subject to hydrolysis) is 1. The van der Waals surface area contributed by atoms with Crippen molar-refractivity contribution in [2.45, 2.75) is 25.4 Å². The molecule has 0 saturated heterocycles. The van der Waals surface area contributed by atoms with Gasteiger partial charge in [-0.25, -0.2) is 10.3 Å². The van der Waals surface area contributed by atoms with Crippen molar-refractivity contribution in [2.24, 2.45) is 0 Å². The van der Waals surface area contributed by atoms with Crippen LogP contribution in [0.4, 0.5) is 4.79 Å². The molecule has 4 N–H and O–H groups in total. The molecule has 0 aliphatic carbocycles. The van der Waals surface area contributed by atoms with E-state index < -0.39 is 24.0 Å². The van der Waals surface area contributed by atoms with Crippen LogP contribution in [-0.4, -0.2) is 41.4 Å². The zero-order valence-corrected chi connectivity index (χ0v) is 17.4. The molecule has 0 unspecified atom stereocenters. The minimum absolute atomic E-state index is 0.106. The summed E-state index contributed by atoms with van der Waals surface area (Å²) < 4.78 is 10.8. The Kier molecular flexibility index (Phi) is 10.4. The number of unbranched alkanes of at least 4 members (excludes halogenated alkanes) is 1. The first-order valence-electron chi connectivity index (χ1n) is 10.0. The summed E-state index contributed by atoms with van der Waals surface area (Å²) in [6.45, 7) is 0.0575. The minimum Gasteiger partial charge on any atom is -0.491 e. The average molecular weight is 442 g/mol. The second-order valence-electron chi connectivity index (χ2n) is 6.66. The molecule has 0 saturated carbocycles. The predicted molar refractivity (Wildman–Crippen MR) is 115 cm³/mol. The Morgan fingerprint density at radius 2 is 1.75 bits per heavy atom. The molecule has 0 spiro atoms. The monoisotopic (exact) mass is 442 g/mol. The molecule has 0 aromatic heterocycles. The Morgan fingerprint density at radius 1 is 1.03 bits per heavy atom. The van der Waals surface area contributed by atoms with Gasteiger partial charge in [0.15, 0.2) is 0 Å². The van der Waals surface area contributed by atoms with Crippen LogP contribution < -0.4 is 15.5 Å². The van der Waals surface area contributed by atoms with E-state index in [1.165, 1.54) is 11.6 Å². The maximum absolute atomic E-state index is 12.3. The summed E-state index contributed by atoms with van der Waals surface area (Å²) in [7, 11) is 0. The van der Waals surface area contributed by atoms with Crippen LogP contribution in [0.3, 0.4) is 0 Å². The lowest BCUT2D eigenvalue weighted by atomic mass is 10.0. The zero-order chi connectivity index (χ0) is 23.2. The Balaban J connectivity index is 2.02. The molecule has 0 heterocycles. The van der Waals surface area contributed by atoms with Crippen LogP contribution in [-0.2, 0) is 9.53 Å². The highest BCUT2D eigenvalue weighted by molar-refractivity contribution is 6.02. The third-order valence-corrected chi connectivity index (χ3v) is 4.33. The maximum Gasteiger partial charge on any atom is 0.414 e. The van der Waals surface area contributed by atoms with Crippen molar-refractivity contribution >= 4 is 17.9 Å². The molecule has 0 fully saturated rings. The molecule has 2 aromatic rings. The van der Waals surface area contributed by atoms with E-state index in [0.29, 0.717) is 36.1 Å². The number of hydrogen-bond acceptors (Lipinski definition) is 7. The number of rotatable bonds is 11. The molecule has 9 heteroatoms. The fraction of sp³-hybridized carbons (Fsp3) is 0.261. The number of ether oxygens (including phenoxy) is 2. The second kappa shape index (κ2) is 13.6. The van der Waals surface area contributed by atoms with Gasteiger partial charge < -0.3 is 14.6 Å². The fourth-order valence-corrected chi connectivity index (χ4v) is 2.80. The predicted octanol–water partition coefficient (Wildman–Crippen LogP) is 2.90. The van der Waals surface area contributed by atoms with E-state index in [0.717, 1.165) is 0 Å². The molecule has 2 rings (SSSR count). The normalized spacial score (nSPS) is 11.6. The van der Waals surface area contributed by atoms with Gasteiger partial charge in [-0.05, 0) is 49.1 Å². The molecule has 1 atom stereocenters. The SMILES string of the molecule is O=C(/C=C/CCC[C@@H](OC(=O)NC(=O)c1ccccc1)c1ccc(OCCO)cc1)NO. The maximum atomic E-state index is 12.3. The molecule has 170 valence electrons. The molecule has 9 nitrogen and oxygen atoms in total. The van der Waals surface area contributed by atoms with Crippen LogP contribution in [0.25, 0.3) is 0 Å². The lowest BCUT2D eigenvalue weighted by Gasteiger charge is -2.19. The summed E-state index contributed by atoms with van der Waals surface area (Å²) in [4.78, 5) is 35.5. The number of imide groups is 1. The number of hydrogen-bond donors (Lipinski definition) is 4. The molecule has 0 aliphatic heterocycles. The topological polar surface area (TPSA) is 134 Å². The highest BCUT2D eigenvalue weighted by Gasteiger charge is 2.19. The summed E-state index contributed by atoms with van der Waals surface area (Å²) in [6.07, 6.45) is 2.78. The van der Waals surface area contributed by atoms with Crippen molar-refractivity contribution in [2.75, 3.05) is 13.2 Å². The van der Waals surface area contributed by atoms with Crippen LogP contribution in [0.15, 0.2) is 66.7 Å². The third kappa shape index (κ3) is 8.58. The number of carbonyl (C=O) groups excluding carboxylic acids is 3. The van der Waals surface area contributed by atoms with E-state index in [9.17, 15) is 14.4 Å². The van der Waals surface area contributed by atoms with Crippen LogP contribution >= 0.6 is 0 Å². The van der Waals surface area contributed by atoms with Gasteiger partial charge in [0, 0.05) is 11.6 Å². The number of benzene rings is 2. The van der Waals surface area contributed by atoms with E-state index in [1.807, 2.05) is 0 Å². The van der Waals surface area contributed by atoms with Gasteiger partial charge in [-0.3, -0.25) is 20.1 Å². The molecule has 0 aliphatic rings. The minimum atomic E-state index is -0.875. The smallest absolute Gasteiger partial charge is 0.414 e. The number of amides is 3. The van der Waals surface area contributed by atoms with Gasteiger partial charge in [0.2, 0.25) is 0 Å². The summed E-state index contributed by atoms with van der Waals surface area (Å²) in [5.41, 5.74) is 2.53. The zero-order valence-electron chi connectivity index (χ0n) is 17.4. The molecule has 2 aromatic carbocycles. The lowest BCUT2D eigenvalue weighted by Crippen LogP contribution is -2.32. The van der Waals surface area contributed by atoms with Crippen molar-refractivity contribution < 1.29 is 34.2 Å². The van der Waals surface area contributed by atoms with Crippen molar-refractivity contribution in [1.82, 2.24) is 10.8 Å². The van der Waals surface area contributed by atoms with Gasteiger partial charge in [0.25, 0.3) is 11.8 Å². The van der Waals surface area contributed by atoms with Gasteiger partial charge >= 0.3 is 6.09 Å². The highest BCUT2D eigenvalue weighted by atomic mass is 16.6. The van der Waals surface area contributed by atoms with Gasteiger partial charge in [0.05, 0.1) is 6.61 Å². The summed E-state index contributed by atoms with van der Waals surface area (Å²) in [6, 6.07) is 15.2. The van der Waals surface area contributed by atoms with Crippen LogP contribution in [0, 0.1) is 0 Å². The van der Waals surface area contributed by atoms with Crippen LogP contribution in [0.1, 0.15) is 41.3 Å².